The number of ether oxygens (including phenoxy) is 2. The molecule has 0 bridgehead atoms. The van der Waals surface area contributed by atoms with E-state index in [1.54, 1.807) is 13.0 Å². The molecule has 0 heterocycles. The third-order valence-corrected chi connectivity index (χ3v) is 6.61. The Morgan fingerprint density at radius 2 is 1.37 bits per heavy atom. The van der Waals surface area contributed by atoms with Crippen molar-refractivity contribution in [2.24, 2.45) is 0 Å². The summed E-state index contributed by atoms with van der Waals surface area (Å²) in [7, 11) is -9.98. The van der Waals surface area contributed by atoms with Crippen molar-refractivity contribution in [3.8, 4) is 5.75 Å². The van der Waals surface area contributed by atoms with E-state index in [0.29, 0.717) is 0 Å². The molecule has 0 aliphatic carbocycles. The summed E-state index contributed by atoms with van der Waals surface area (Å²) in [5, 5.41) is 4.54. The maximum absolute atomic E-state index is 12.9. The maximum atomic E-state index is 12.9. The molecule has 0 radical (unpaired) electrons. The third-order valence-electron chi connectivity index (χ3n) is 3.51. The molecule has 1 aromatic carbocycles. The molecule has 3 unspecified atom stereocenters. The lowest BCUT2D eigenvalue weighted by Crippen LogP contribution is -2.51. The highest BCUT2D eigenvalue weighted by atomic mass is 31.2. The predicted octanol–water partition coefficient (Wildman–Crippen LogP) is 0.386. The van der Waals surface area contributed by atoms with Crippen LogP contribution in [0, 0.1) is 0 Å². The van der Waals surface area contributed by atoms with Crippen LogP contribution in [-0.2, 0) is 28.2 Å². The van der Waals surface area contributed by atoms with Gasteiger partial charge in [0.05, 0.1) is 26.3 Å². The summed E-state index contributed by atoms with van der Waals surface area (Å²) in [6.45, 7) is 1.85. The first-order chi connectivity index (χ1) is 14.0. The van der Waals surface area contributed by atoms with Crippen molar-refractivity contribution in [3.05, 3.63) is 30.3 Å². The predicted molar refractivity (Wildman–Crippen MR) is 106 cm³/mol. The first-order valence-electron chi connectivity index (χ1n) is 8.91. The zero-order valence-electron chi connectivity index (χ0n) is 16.5. The molecule has 0 aromatic heterocycles. The van der Waals surface area contributed by atoms with Crippen molar-refractivity contribution in [3.63, 3.8) is 0 Å². The monoisotopic (exact) mass is 468 g/mol. The van der Waals surface area contributed by atoms with Gasteiger partial charge in [-0.25, -0.2) is 4.57 Å². The summed E-state index contributed by atoms with van der Waals surface area (Å²) < 4.78 is 39.5. The number of nitrogens with one attached hydrogen (secondary N) is 2. The lowest BCUT2D eigenvalue weighted by atomic mass is 10.3. The molecule has 0 saturated carbocycles. The second-order valence-corrected chi connectivity index (χ2v) is 9.42. The number of carbonyl (C=O) groups is 2. The summed E-state index contributed by atoms with van der Waals surface area (Å²) in [4.78, 5) is 53.2. The van der Waals surface area contributed by atoms with Crippen LogP contribution in [0.2, 0.25) is 0 Å². The SMILES string of the molecule is CCOC(=O)CNC(C(NCC(=O)OCC)P(=O)(O)Oc1ccccc1)P(=O)(O)O. The molecular weight excluding hydrogens is 442 g/mol. The fourth-order valence-corrected chi connectivity index (χ4v) is 5.46. The zero-order chi connectivity index (χ0) is 22.8. The fraction of sp³-hybridized carbons (Fsp3) is 0.500. The minimum Gasteiger partial charge on any atom is -0.465 e. The number of rotatable bonds is 13. The van der Waals surface area contributed by atoms with Gasteiger partial charge in [-0.05, 0) is 26.0 Å². The van der Waals surface area contributed by atoms with Crippen molar-refractivity contribution >= 4 is 27.1 Å². The molecule has 30 heavy (non-hydrogen) atoms. The smallest absolute Gasteiger partial charge is 0.395 e. The third kappa shape index (κ3) is 8.93. The Morgan fingerprint density at radius 1 is 0.900 bits per heavy atom. The molecule has 0 spiro atoms. The molecule has 0 fully saturated rings. The Balaban J connectivity index is 3.18. The van der Waals surface area contributed by atoms with Crippen LogP contribution in [0.1, 0.15) is 13.8 Å². The van der Waals surface area contributed by atoms with Gasteiger partial charge >= 0.3 is 27.1 Å². The molecular formula is C16H26N2O10P2. The van der Waals surface area contributed by atoms with E-state index in [1.807, 2.05) is 0 Å². The van der Waals surface area contributed by atoms with E-state index in [9.17, 15) is 33.4 Å². The highest BCUT2D eigenvalue weighted by Gasteiger charge is 2.48. The Kier molecular flexibility index (Phi) is 10.6. The molecule has 170 valence electrons. The average molecular weight is 468 g/mol. The fourth-order valence-electron chi connectivity index (χ4n) is 2.31. The molecule has 12 nitrogen and oxygen atoms in total. The van der Waals surface area contributed by atoms with Gasteiger partial charge in [0.15, 0.2) is 0 Å². The van der Waals surface area contributed by atoms with Crippen molar-refractivity contribution in [2.45, 2.75) is 25.4 Å². The Bertz CT molecular complexity index is 785. The van der Waals surface area contributed by atoms with Crippen LogP contribution >= 0.6 is 15.2 Å². The first-order valence-corrected chi connectivity index (χ1v) is 12.2. The molecule has 0 saturated heterocycles. The van der Waals surface area contributed by atoms with Gasteiger partial charge < -0.3 is 28.7 Å². The van der Waals surface area contributed by atoms with E-state index >= 15 is 0 Å². The van der Waals surface area contributed by atoms with E-state index in [4.69, 9.17) is 9.26 Å². The molecule has 0 aliphatic rings. The van der Waals surface area contributed by atoms with Crippen LogP contribution in [0.5, 0.6) is 5.75 Å². The summed E-state index contributed by atoms with van der Waals surface area (Å²) in [6, 6.07) is 7.41. The number of para-hydroxylation sites is 1. The van der Waals surface area contributed by atoms with Crippen LogP contribution in [0.15, 0.2) is 30.3 Å². The summed E-state index contributed by atoms with van der Waals surface area (Å²) in [5.41, 5.74) is 0. The van der Waals surface area contributed by atoms with Gasteiger partial charge in [0.1, 0.15) is 17.3 Å². The number of esters is 2. The number of hydrogen-bond acceptors (Lipinski definition) is 9. The Hall–Kier alpha value is -1.78. The van der Waals surface area contributed by atoms with E-state index in [0.717, 1.165) is 0 Å². The lowest BCUT2D eigenvalue weighted by molar-refractivity contribution is -0.143. The quantitative estimate of drug-likeness (QED) is 0.199. The van der Waals surface area contributed by atoms with Gasteiger partial charge in [0.2, 0.25) is 0 Å². The topological polar surface area (TPSA) is 181 Å². The largest absolute Gasteiger partial charge is 0.465 e. The van der Waals surface area contributed by atoms with Gasteiger partial charge in [-0.15, -0.1) is 0 Å². The van der Waals surface area contributed by atoms with Crippen molar-refractivity contribution < 1.29 is 47.4 Å². The minimum absolute atomic E-state index is 0.0290. The Morgan fingerprint density at radius 3 is 1.80 bits per heavy atom. The summed E-state index contributed by atoms with van der Waals surface area (Å²) in [6.07, 6.45) is 0. The van der Waals surface area contributed by atoms with Crippen LogP contribution in [-0.4, -0.2) is 64.5 Å². The molecule has 3 atom stereocenters. The van der Waals surface area contributed by atoms with Crippen LogP contribution in [0.4, 0.5) is 0 Å². The first kappa shape index (κ1) is 26.3. The van der Waals surface area contributed by atoms with Gasteiger partial charge in [0, 0.05) is 0 Å². The highest BCUT2D eigenvalue weighted by Crippen LogP contribution is 2.55. The van der Waals surface area contributed by atoms with Crippen LogP contribution in [0.25, 0.3) is 0 Å². The Labute approximate surface area is 173 Å². The summed E-state index contributed by atoms with van der Waals surface area (Å²) >= 11 is 0. The molecule has 1 rings (SSSR count). The lowest BCUT2D eigenvalue weighted by Gasteiger charge is -2.31. The van der Waals surface area contributed by atoms with E-state index in [-0.39, 0.29) is 19.0 Å². The van der Waals surface area contributed by atoms with Gasteiger partial charge in [-0.1, -0.05) is 18.2 Å². The van der Waals surface area contributed by atoms with E-state index in [1.165, 1.54) is 31.2 Å². The standard InChI is InChI=1S/C16H26N2O10P2/c1-3-26-13(19)10-17-15(29(21,22)23)16(18-11-14(20)27-4-2)30(24,25)28-12-8-6-5-7-9-12/h5-9,15-18H,3-4,10-11H2,1-2H3,(H,24,25)(H2,21,22,23). The van der Waals surface area contributed by atoms with E-state index in [2.05, 4.69) is 15.4 Å². The zero-order valence-corrected chi connectivity index (χ0v) is 18.3. The second kappa shape index (κ2) is 12.2. The van der Waals surface area contributed by atoms with Crippen molar-refractivity contribution in [1.29, 1.82) is 0 Å². The molecule has 1 aromatic rings. The number of benzene rings is 1. The maximum Gasteiger partial charge on any atom is 0.395 e. The van der Waals surface area contributed by atoms with Crippen LogP contribution < -0.4 is 15.2 Å². The van der Waals surface area contributed by atoms with Gasteiger partial charge in [0.25, 0.3) is 0 Å². The average Bonchev–Trinajstić information content (AvgIpc) is 2.64. The van der Waals surface area contributed by atoms with Gasteiger partial charge in [-0.3, -0.25) is 24.8 Å². The second-order valence-electron chi connectivity index (χ2n) is 5.82. The van der Waals surface area contributed by atoms with Crippen molar-refractivity contribution in [2.75, 3.05) is 26.3 Å². The van der Waals surface area contributed by atoms with Gasteiger partial charge in [-0.2, -0.15) is 0 Å². The minimum atomic E-state index is -5.13. The molecule has 14 heteroatoms. The normalized spacial score (nSPS) is 15.5. The molecule has 5 N–H and O–H groups in total. The number of carbonyl (C=O) groups excluding carboxylic acids is 2. The number of hydrogen-bond donors (Lipinski definition) is 5. The van der Waals surface area contributed by atoms with E-state index < -0.39 is 51.8 Å². The van der Waals surface area contributed by atoms with Crippen LogP contribution in [0.3, 0.4) is 0 Å². The molecule has 0 aliphatic heterocycles. The summed E-state index contributed by atoms with van der Waals surface area (Å²) in [5.74, 6) is -5.73. The molecule has 0 amide bonds. The highest BCUT2D eigenvalue weighted by molar-refractivity contribution is 7.58. The van der Waals surface area contributed by atoms with Crippen molar-refractivity contribution in [1.82, 2.24) is 10.6 Å².